The first-order valence-electron chi connectivity index (χ1n) is 7.02. The number of hydrogen-bond donors (Lipinski definition) is 1. The topological polar surface area (TPSA) is 21.3 Å². The third-order valence-electron chi connectivity index (χ3n) is 3.51. The van der Waals surface area contributed by atoms with E-state index >= 15 is 0 Å². The Morgan fingerprint density at radius 1 is 1.25 bits per heavy atom. The minimum absolute atomic E-state index is 0.323. The van der Waals surface area contributed by atoms with Crippen molar-refractivity contribution in [2.75, 3.05) is 19.0 Å². The molecule has 0 aliphatic carbocycles. The van der Waals surface area contributed by atoms with E-state index in [9.17, 15) is 0 Å². The van der Waals surface area contributed by atoms with Crippen molar-refractivity contribution in [3.8, 4) is 0 Å². The monoisotopic (exact) mass is 289 g/mol. The summed E-state index contributed by atoms with van der Waals surface area (Å²) in [5, 5.41) is 3.64. The molecule has 2 aromatic rings. The number of rotatable bonds is 6. The molecule has 0 amide bonds. The zero-order valence-corrected chi connectivity index (χ0v) is 13.5. The van der Waals surface area contributed by atoms with Crippen LogP contribution in [0.15, 0.2) is 30.3 Å². The molecule has 1 aromatic carbocycles. The van der Waals surface area contributed by atoms with Crippen molar-refractivity contribution in [1.82, 2.24) is 0 Å². The number of ether oxygens (including phenoxy) is 1. The summed E-state index contributed by atoms with van der Waals surface area (Å²) in [4.78, 5) is 2.77. The van der Waals surface area contributed by atoms with Gasteiger partial charge in [-0.3, -0.25) is 0 Å². The van der Waals surface area contributed by atoms with Crippen LogP contribution in [0.5, 0.6) is 0 Å². The number of hydrogen-bond acceptors (Lipinski definition) is 3. The van der Waals surface area contributed by atoms with E-state index in [4.69, 9.17) is 4.74 Å². The van der Waals surface area contributed by atoms with Crippen LogP contribution >= 0.6 is 11.3 Å². The van der Waals surface area contributed by atoms with Gasteiger partial charge in [-0.2, -0.15) is 0 Å². The molecule has 1 unspecified atom stereocenters. The molecule has 108 valence electrons. The lowest BCUT2D eigenvalue weighted by Gasteiger charge is -2.18. The summed E-state index contributed by atoms with van der Waals surface area (Å²) in [7, 11) is 1.75. The highest BCUT2D eigenvalue weighted by Crippen LogP contribution is 2.29. The van der Waals surface area contributed by atoms with Crippen LogP contribution in [0.2, 0.25) is 0 Å². The highest BCUT2D eigenvalue weighted by molar-refractivity contribution is 7.12. The first-order chi connectivity index (χ1) is 9.61. The van der Waals surface area contributed by atoms with Gasteiger partial charge in [0.05, 0.1) is 6.61 Å². The molecule has 0 bridgehead atoms. The maximum Gasteiger partial charge on any atom is 0.0503 e. The van der Waals surface area contributed by atoms with Crippen LogP contribution in [-0.4, -0.2) is 13.7 Å². The molecule has 0 radical (unpaired) electrons. The molecule has 1 aromatic heterocycles. The molecule has 0 aliphatic heterocycles. The zero-order chi connectivity index (χ0) is 14.5. The van der Waals surface area contributed by atoms with Crippen molar-refractivity contribution in [3.05, 3.63) is 51.2 Å². The lowest BCUT2D eigenvalue weighted by atomic mass is 10.1. The highest BCUT2D eigenvalue weighted by Gasteiger charge is 2.12. The van der Waals surface area contributed by atoms with E-state index in [2.05, 4.69) is 56.4 Å². The first kappa shape index (κ1) is 15.1. The van der Waals surface area contributed by atoms with Gasteiger partial charge in [0.1, 0.15) is 0 Å². The SMILES string of the molecule is COCCc1ccccc1NC(C)c1cc(C)sc1C. The van der Waals surface area contributed by atoms with Gasteiger partial charge in [0, 0.05) is 28.6 Å². The summed E-state index contributed by atoms with van der Waals surface area (Å²) in [6, 6.07) is 11.1. The number of para-hydroxylation sites is 1. The lowest BCUT2D eigenvalue weighted by Crippen LogP contribution is -2.09. The van der Waals surface area contributed by atoms with Gasteiger partial charge in [-0.15, -0.1) is 11.3 Å². The number of anilines is 1. The van der Waals surface area contributed by atoms with Crippen LogP contribution < -0.4 is 5.32 Å². The van der Waals surface area contributed by atoms with Crippen LogP contribution in [0.25, 0.3) is 0 Å². The molecule has 0 aliphatic rings. The van der Waals surface area contributed by atoms with Gasteiger partial charge in [0.25, 0.3) is 0 Å². The van der Waals surface area contributed by atoms with E-state index < -0.39 is 0 Å². The summed E-state index contributed by atoms with van der Waals surface area (Å²) in [5.41, 5.74) is 3.92. The molecule has 1 atom stereocenters. The Morgan fingerprint density at radius 2 is 2.00 bits per heavy atom. The smallest absolute Gasteiger partial charge is 0.0503 e. The Hall–Kier alpha value is -1.32. The number of benzene rings is 1. The Balaban J connectivity index is 2.15. The Morgan fingerprint density at radius 3 is 2.65 bits per heavy atom. The van der Waals surface area contributed by atoms with Crippen molar-refractivity contribution in [1.29, 1.82) is 0 Å². The molecule has 0 saturated heterocycles. The van der Waals surface area contributed by atoms with Gasteiger partial charge >= 0.3 is 0 Å². The van der Waals surface area contributed by atoms with Gasteiger partial charge in [-0.1, -0.05) is 18.2 Å². The average Bonchev–Trinajstić information content (AvgIpc) is 2.77. The van der Waals surface area contributed by atoms with Crippen molar-refractivity contribution in [2.45, 2.75) is 33.2 Å². The van der Waals surface area contributed by atoms with E-state index in [-0.39, 0.29) is 0 Å². The molecular weight excluding hydrogens is 266 g/mol. The van der Waals surface area contributed by atoms with Gasteiger partial charge in [0.15, 0.2) is 0 Å². The quantitative estimate of drug-likeness (QED) is 0.830. The fourth-order valence-electron chi connectivity index (χ4n) is 2.48. The minimum Gasteiger partial charge on any atom is -0.384 e. The number of thiophene rings is 1. The molecule has 2 rings (SSSR count). The maximum absolute atomic E-state index is 5.19. The summed E-state index contributed by atoms with van der Waals surface area (Å²) in [6.07, 6.45) is 0.939. The van der Waals surface area contributed by atoms with E-state index in [1.54, 1.807) is 7.11 Å². The van der Waals surface area contributed by atoms with E-state index in [1.807, 2.05) is 11.3 Å². The number of aryl methyl sites for hydroxylation is 2. The molecule has 20 heavy (non-hydrogen) atoms. The third-order valence-corrected chi connectivity index (χ3v) is 4.49. The second-order valence-corrected chi connectivity index (χ2v) is 6.59. The molecule has 1 N–H and O–H groups in total. The van der Waals surface area contributed by atoms with Crippen molar-refractivity contribution >= 4 is 17.0 Å². The van der Waals surface area contributed by atoms with Crippen molar-refractivity contribution in [3.63, 3.8) is 0 Å². The summed E-state index contributed by atoms with van der Waals surface area (Å²) in [6.45, 7) is 7.34. The van der Waals surface area contributed by atoms with E-state index in [0.29, 0.717) is 6.04 Å². The van der Waals surface area contributed by atoms with Gasteiger partial charge in [-0.25, -0.2) is 0 Å². The maximum atomic E-state index is 5.19. The van der Waals surface area contributed by atoms with Gasteiger partial charge < -0.3 is 10.1 Å². The number of nitrogens with one attached hydrogen (secondary N) is 1. The van der Waals surface area contributed by atoms with Gasteiger partial charge in [0.2, 0.25) is 0 Å². The second kappa shape index (κ2) is 6.91. The Bertz CT molecular complexity index is 562. The fraction of sp³-hybridized carbons (Fsp3) is 0.412. The minimum atomic E-state index is 0.323. The summed E-state index contributed by atoms with van der Waals surface area (Å²) in [5.74, 6) is 0. The van der Waals surface area contributed by atoms with Crippen molar-refractivity contribution in [2.24, 2.45) is 0 Å². The van der Waals surface area contributed by atoms with Crippen molar-refractivity contribution < 1.29 is 4.74 Å². The third kappa shape index (κ3) is 3.62. The molecular formula is C17H23NOS. The second-order valence-electron chi connectivity index (χ2n) is 5.13. The predicted molar refractivity (Wildman–Crippen MR) is 87.9 cm³/mol. The highest BCUT2D eigenvalue weighted by atomic mass is 32.1. The molecule has 2 nitrogen and oxygen atoms in total. The zero-order valence-electron chi connectivity index (χ0n) is 12.7. The summed E-state index contributed by atoms with van der Waals surface area (Å²) < 4.78 is 5.19. The van der Waals surface area contributed by atoms with Crippen LogP contribution in [-0.2, 0) is 11.2 Å². The molecule has 1 heterocycles. The average molecular weight is 289 g/mol. The largest absolute Gasteiger partial charge is 0.384 e. The molecule has 0 fully saturated rings. The molecule has 0 saturated carbocycles. The van der Waals surface area contributed by atoms with Gasteiger partial charge in [-0.05, 0) is 50.5 Å². The molecule has 3 heteroatoms. The predicted octanol–water partition coefficient (Wildman–Crippen LogP) is 4.73. The lowest BCUT2D eigenvalue weighted by molar-refractivity contribution is 0.202. The van der Waals surface area contributed by atoms with E-state index in [0.717, 1.165) is 13.0 Å². The normalized spacial score (nSPS) is 12.4. The molecule has 0 spiro atoms. The first-order valence-corrected chi connectivity index (χ1v) is 7.83. The fourth-order valence-corrected chi connectivity index (χ4v) is 3.50. The Kier molecular flexibility index (Phi) is 5.21. The van der Waals surface area contributed by atoms with E-state index in [1.165, 1.54) is 26.6 Å². The van der Waals surface area contributed by atoms with Crippen LogP contribution in [0.3, 0.4) is 0 Å². The Labute approximate surface area is 125 Å². The van der Waals surface area contributed by atoms with Crippen LogP contribution in [0.1, 0.15) is 33.8 Å². The summed E-state index contributed by atoms with van der Waals surface area (Å²) >= 11 is 1.87. The standard InChI is InChI=1S/C17H23NOS/c1-12-11-16(14(3)20-12)13(2)18-17-8-6-5-7-15(17)9-10-19-4/h5-8,11,13,18H,9-10H2,1-4H3. The number of methoxy groups -OCH3 is 1. The van der Waals surface area contributed by atoms with Crippen LogP contribution in [0.4, 0.5) is 5.69 Å². The van der Waals surface area contributed by atoms with Crippen LogP contribution in [0, 0.1) is 13.8 Å².